The monoisotopic (exact) mass is 204 g/mol. The van der Waals surface area contributed by atoms with Gasteiger partial charge in [0.1, 0.15) is 0 Å². The second-order valence-corrected chi connectivity index (χ2v) is 4.23. The van der Waals surface area contributed by atoms with Crippen LogP contribution in [0.4, 0.5) is 5.69 Å². The van der Waals surface area contributed by atoms with Gasteiger partial charge in [-0.1, -0.05) is 6.07 Å². The van der Waals surface area contributed by atoms with Gasteiger partial charge in [-0.25, -0.2) is 0 Å². The van der Waals surface area contributed by atoms with Crippen molar-refractivity contribution in [2.45, 2.75) is 26.3 Å². The molecule has 1 aliphatic rings. The van der Waals surface area contributed by atoms with E-state index in [0.29, 0.717) is 0 Å². The lowest BCUT2D eigenvalue weighted by Gasteiger charge is -2.17. The average molecular weight is 204 g/mol. The predicted octanol–water partition coefficient (Wildman–Crippen LogP) is 1.37. The van der Waals surface area contributed by atoms with Crippen LogP contribution in [0.15, 0.2) is 18.2 Å². The zero-order valence-corrected chi connectivity index (χ0v) is 9.16. The smallest absolute Gasteiger partial charge is 0.243 e. The Hall–Kier alpha value is -1.35. The fourth-order valence-electron chi connectivity index (χ4n) is 2.06. The molecule has 1 saturated heterocycles. The number of nitrogens with two attached hydrogens (primary N) is 1. The molecule has 80 valence electrons. The zero-order chi connectivity index (χ0) is 11.0. The maximum absolute atomic E-state index is 11.7. The number of hydrogen-bond acceptors (Lipinski definition) is 2. The minimum Gasteiger partial charge on any atom is -0.320 e. The normalized spacial score (nSPS) is 21.1. The van der Waals surface area contributed by atoms with Crippen LogP contribution in [-0.4, -0.2) is 18.5 Å². The summed E-state index contributed by atoms with van der Waals surface area (Å²) in [5.41, 5.74) is 9.03. The van der Waals surface area contributed by atoms with Gasteiger partial charge in [-0.2, -0.15) is 0 Å². The molecule has 0 saturated carbocycles. The van der Waals surface area contributed by atoms with Crippen LogP contribution < -0.4 is 10.6 Å². The Kier molecular flexibility index (Phi) is 2.49. The van der Waals surface area contributed by atoms with Crippen molar-refractivity contribution in [2.75, 3.05) is 11.4 Å². The van der Waals surface area contributed by atoms with Crippen molar-refractivity contribution in [2.24, 2.45) is 5.73 Å². The molecule has 2 N–H and O–H groups in total. The lowest BCUT2D eigenvalue weighted by atomic mass is 10.1. The second kappa shape index (κ2) is 3.66. The topological polar surface area (TPSA) is 46.3 Å². The van der Waals surface area contributed by atoms with Crippen molar-refractivity contribution in [1.29, 1.82) is 0 Å². The van der Waals surface area contributed by atoms with Gasteiger partial charge in [-0.15, -0.1) is 0 Å². The van der Waals surface area contributed by atoms with Crippen molar-refractivity contribution >= 4 is 11.6 Å². The summed E-state index contributed by atoms with van der Waals surface area (Å²) in [7, 11) is 0. The van der Waals surface area contributed by atoms with E-state index in [1.807, 2.05) is 26.0 Å². The van der Waals surface area contributed by atoms with Crippen molar-refractivity contribution < 1.29 is 4.79 Å². The number of nitrogens with zero attached hydrogens (tertiary/aromatic N) is 1. The Balaban J connectivity index is 2.34. The lowest BCUT2D eigenvalue weighted by molar-refractivity contribution is -0.118. The highest BCUT2D eigenvalue weighted by atomic mass is 16.2. The van der Waals surface area contributed by atoms with E-state index < -0.39 is 0 Å². The molecule has 1 aromatic carbocycles. The van der Waals surface area contributed by atoms with E-state index in [1.54, 1.807) is 4.90 Å². The minimum atomic E-state index is -0.314. The summed E-state index contributed by atoms with van der Waals surface area (Å²) in [4.78, 5) is 13.5. The van der Waals surface area contributed by atoms with Crippen LogP contribution in [0.25, 0.3) is 0 Å². The van der Waals surface area contributed by atoms with E-state index >= 15 is 0 Å². The van der Waals surface area contributed by atoms with Crippen LogP contribution in [-0.2, 0) is 4.79 Å². The molecule has 3 heteroatoms. The molecule has 2 rings (SSSR count). The quantitative estimate of drug-likeness (QED) is 0.751. The Morgan fingerprint density at radius 1 is 1.27 bits per heavy atom. The number of aryl methyl sites for hydroxylation is 2. The predicted molar refractivity (Wildman–Crippen MR) is 60.9 cm³/mol. The third kappa shape index (κ3) is 1.88. The Labute approximate surface area is 89.9 Å². The second-order valence-electron chi connectivity index (χ2n) is 4.23. The van der Waals surface area contributed by atoms with Crippen LogP contribution in [0.5, 0.6) is 0 Å². The van der Waals surface area contributed by atoms with Gasteiger partial charge in [0.25, 0.3) is 0 Å². The maximum atomic E-state index is 11.7. The molecule has 1 aromatic rings. The maximum Gasteiger partial charge on any atom is 0.243 e. The highest BCUT2D eigenvalue weighted by Crippen LogP contribution is 2.23. The molecule has 0 spiro atoms. The van der Waals surface area contributed by atoms with Gasteiger partial charge in [0.15, 0.2) is 0 Å². The molecule has 1 heterocycles. The van der Waals surface area contributed by atoms with E-state index in [4.69, 9.17) is 5.73 Å². The van der Waals surface area contributed by atoms with Gasteiger partial charge in [0, 0.05) is 12.2 Å². The Morgan fingerprint density at radius 3 is 2.33 bits per heavy atom. The SMILES string of the molecule is Cc1cc(C)cc(N2CCC(N)C2=O)c1. The number of benzene rings is 1. The molecule has 0 bridgehead atoms. The summed E-state index contributed by atoms with van der Waals surface area (Å²) < 4.78 is 0. The summed E-state index contributed by atoms with van der Waals surface area (Å²) in [6.45, 7) is 4.82. The van der Waals surface area contributed by atoms with Gasteiger partial charge >= 0.3 is 0 Å². The first-order chi connectivity index (χ1) is 7.08. The van der Waals surface area contributed by atoms with Crippen molar-refractivity contribution in [3.05, 3.63) is 29.3 Å². The van der Waals surface area contributed by atoms with E-state index in [9.17, 15) is 4.79 Å². The molecule has 0 aromatic heterocycles. The Bertz CT molecular complexity index is 380. The number of carbonyl (C=O) groups is 1. The van der Waals surface area contributed by atoms with Crippen LogP contribution in [0, 0.1) is 13.8 Å². The van der Waals surface area contributed by atoms with Crippen molar-refractivity contribution in [1.82, 2.24) is 0 Å². The first-order valence-electron chi connectivity index (χ1n) is 5.23. The van der Waals surface area contributed by atoms with Gasteiger partial charge in [0.05, 0.1) is 6.04 Å². The molecule has 15 heavy (non-hydrogen) atoms. The molecule has 1 unspecified atom stereocenters. The summed E-state index contributed by atoms with van der Waals surface area (Å²) >= 11 is 0. The van der Waals surface area contributed by atoms with Gasteiger partial charge in [-0.05, 0) is 43.5 Å². The first kappa shape index (κ1) is 10.2. The summed E-state index contributed by atoms with van der Waals surface area (Å²) in [6, 6.07) is 5.85. The summed E-state index contributed by atoms with van der Waals surface area (Å²) in [5, 5.41) is 0. The highest BCUT2D eigenvalue weighted by molar-refractivity contribution is 5.99. The first-order valence-corrected chi connectivity index (χ1v) is 5.23. The number of anilines is 1. The van der Waals surface area contributed by atoms with E-state index in [0.717, 1.165) is 18.7 Å². The molecule has 1 aliphatic heterocycles. The van der Waals surface area contributed by atoms with Gasteiger partial charge in [-0.3, -0.25) is 4.79 Å². The van der Waals surface area contributed by atoms with E-state index in [2.05, 4.69) is 6.07 Å². The fraction of sp³-hybridized carbons (Fsp3) is 0.417. The third-order valence-corrected chi connectivity index (χ3v) is 2.77. The molecule has 0 radical (unpaired) electrons. The standard InChI is InChI=1S/C12H16N2O/c1-8-5-9(2)7-10(6-8)14-4-3-11(13)12(14)15/h5-7,11H,3-4,13H2,1-2H3. The van der Waals surface area contributed by atoms with E-state index in [1.165, 1.54) is 11.1 Å². The highest BCUT2D eigenvalue weighted by Gasteiger charge is 2.29. The molecule has 1 atom stereocenters. The van der Waals surface area contributed by atoms with Crippen LogP contribution in [0.1, 0.15) is 17.5 Å². The van der Waals surface area contributed by atoms with Crippen molar-refractivity contribution in [3.8, 4) is 0 Å². The number of amides is 1. The molecule has 0 aliphatic carbocycles. The van der Waals surface area contributed by atoms with Crippen LogP contribution in [0.3, 0.4) is 0 Å². The minimum absolute atomic E-state index is 0.0417. The fourth-order valence-corrected chi connectivity index (χ4v) is 2.06. The number of rotatable bonds is 1. The Morgan fingerprint density at radius 2 is 1.87 bits per heavy atom. The molecular weight excluding hydrogens is 188 g/mol. The van der Waals surface area contributed by atoms with Crippen LogP contribution in [0.2, 0.25) is 0 Å². The van der Waals surface area contributed by atoms with E-state index in [-0.39, 0.29) is 11.9 Å². The largest absolute Gasteiger partial charge is 0.320 e. The van der Waals surface area contributed by atoms with Gasteiger partial charge in [0.2, 0.25) is 5.91 Å². The third-order valence-electron chi connectivity index (χ3n) is 2.77. The molecule has 3 nitrogen and oxygen atoms in total. The van der Waals surface area contributed by atoms with Gasteiger partial charge < -0.3 is 10.6 Å². The van der Waals surface area contributed by atoms with Crippen molar-refractivity contribution in [3.63, 3.8) is 0 Å². The number of hydrogen-bond donors (Lipinski definition) is 1. The zero-order valence-electron chi connectivity index (χ0n) is 9.16. The number of carbonyl (C=O) groups excluding carboxylic acids is 1. The molecule has 1 fully saturated rings. The summed E-state index contributed by atoms with van der Waals surface area (Å²) in [6.07, 6.45) is 0.756. The molecular formula is C12H16N2O. The lowest BCUT2D eigenvalue weighted by Crippen LogP contribution is -2.34. The molecule has 1 amide bonds. The van der Waals surface area contributed by atoms with Crippen LogP contribution >= 0.6 is 0 Å². The average Bonchev–Trinajstić information content (AvgIpc) is 2.46. The summed E-state index contributed by atoms with van der Waals surface area (Å²) in [5.74, 6) is 0.0417.